The van der Waals surface area contributed by atoms with Crippen molar-refractivity contribution in [2.45, 2.75) is 0 Å². The van der Waals surface area contributed by atoms with Crippen LogP contribution in [0.2, 0.25) is 0 Å². The van der Waals surface area contributed by atoms with E-state index in [0.29, 0.717) is 5.56 Å². The number of carbonyl (C=O) groups excluding carboxylic acids is 1. The van der Waals surface area contributed by atoms with Crippen LogP contribution in [0.4, 0.5) is 5.69 Å². The summed E-state index contributed by atoms with van der Waals surface area (Å²) in [4.78, 5) is 11.8. The summed E-state index contributed by atoms with van der Waals surface area (Å²) in [6.07, 6.45) is 3.18. The second kappa shape index (κ2) is 6.17. The van der Waals surface area contributed by atoms with Crippen molar-refractivity contribution in [3.05, 3.63) is 76.9 Å². The molecule has 0 aliphatic rings. The van der Waals surface area contributed by atoms with Gasteiger partial charge in [0, 0.05) is 28.0 Å². The highest BCUT2D eigenvalue weighted by Crippen LogP contribution is 2.14. The van der Waals surface area contributed by atoms with Gasteiger partial charge in [-0.1, -0.05) is 46.3 Å². The van der Waals surface area contributed by atoms with Crippen LogP contribution in [0, 0.1) is 0 Å². The number of benzene rings is 2. The number of hydrogen-bond donors (Lipinski definition) is 1. The standard InChI is InChI=1S/C15H12BrNO/c16-13-6-8-14(9-7-13)17-11-10-15(18)12-4-2-1-3-5-12/h1-11,17H/b11-10+. The van der Waals surface area contributed by atoms with Crippen LogP contribution in [-0.2, 0) is 0 Å². The Morgan fingerprint density at radius 1 is 1.00 bits per heavy atom. The topological polar surface area (TPSA) is 29.1 Å². The molecule has 0 aliphatic heterocycles. The first kappa shape index (κ1) is 12.6. The predicted octanol–water partition coefficient (Wildman–Crippen LogP) is 4.26. The SMILES string of the molecule is O=C(/C=C/Nc1ccc(Br)cc1)c1ccccc1. The van der Waals surface area contributed by atoms with Crippen LogP contribution in [0.1, 0.15) is 10.4 Å². The second-order valence-electron chi connectivity index (χ2n) is 3.71. The van der Waals surface area contributed by atoms with E-state index in [4.69, 9.17) is 0 Å². The fourth-order valence-corrected chi connectivity index (χ4v) is 1.72. The molecule has 0 aromatic heterocycles. The fraction of sp³-hybridized carbons (Fsp3) is 0. The third-order valence-electron chi connectivity index (χ3n) is 2.39. The molecular weight excluding hydrogens is 290 g/mol. The molecular formula is C15H12BrNO. The maximum atomic E-state index is 11.8. The van der Waals surface area contributed by atoms with E-state index in [1.165, 1.54) is 6.08 Å². The van der Waals surface area contributed by atoms with Crippen LogP contribution >= 0.6 is 15.9 Å². The Morgan fingerprint density at radius 2 is 1.67 bits per heavy atom. The molecule has 0 fully saturated rings. The molecule has 0 spiro atoms. The Hall–Kier alpha value is -1.87. The number of allylic oxidation sites excluding steroid dienone is 1. The summed E-state index contributed by atoms with van der Waals surface area (Å²) in [5.74, 6) is -0.0137. The Bertz CT molecular complexity index is 546. The highest BCUT2D eigenvalue weighted by atomic mass is 79.9. The highest BCUT2D eigenvalue weighted by Gasteiger charge is 1.98. The molecule has 0 radical (unpaired) electrons. The Labute approximate surface area is 114 Å². The van der Waals surface area contributed by atoms with Crippen molar-refractivity contribution < 1.29 is 4.79 Å². The first-order chi connectivity index (χ1) is 8.75. The minimum Gasteiger partial charge on any atom is -0.362 e. The van der Waals surface area contributed by atoms with Gasteiger partial charge in [0.05, 0.1) is 0 Å². The highest BCUT2D eigenvalue weighted by molar-refractivity contribution is 9.10. The molecule has 0 saturated heterocycles. The Balaban J connectivity index is 1.96. The summed E-state index contributed by atoms with van der Waals surface area (Å²) in [7, 11) is 0. The molecule has 0 heterocycles. The smallest absolute Gasteiger partial charge is 0.187 e. The fourth-order valence-electron chi connectivity index (χ4n) is 1.46. The molecule has 18 heavy (non-hydrogen) atoms. The minimum absolute atomic E-state index is 0.0137. The molecule has 0 amide bonds. The van der Waals surface area contributed by atoms with E-state index < -0.39 is 0 Å². The molecule has 0 unspecified atom stereocenters. The molecule has 2 nitrogen and oxygen atoms in total. The van der Waals surface area contributed by atoms with Gasteiger partial charge in [-0.25, -0.2) is 0 Å². The second-order valence-corrected chi connectivity index (χ2v) is 4.63. The van der Waals surface area contributed by atoms with E-state index in [9.17, 15) is 4.79 Å². The lowest BCUT2D eigenvalue weighted by Crippen LogP contribution is -1.95. The van der Waals surface area contributed by atoms with Gasteiger partial charge in [0.15, 0.2) is 5.78 Å². The zero-order chi connectivity index (χ0) is 12.8. The molecule has 2 rings (SSSR count). The van der Waals surface area contributed by atoms with Crippen LogP contribution < -0.4 is 5.32 Å². The van der Waals surface area contributed by atoms with Gasteiger partial charge < -0.3 is 5.32 Å². The number of nitrogens with one attached hydrogen (secondary N) is 1. The number of halogens is 1. The quantitative estimate of drug-likeness (QED) is 0.675. The molecule has 0 atom stereocenters. The van der Waals surface area contributed by atoms with E-state index in [1.807, 2.05) is 42.5 Å². The molecule has 90 valence electrons. The monoisotopic (exact) mass is 301 g/mol. The normalized spacial score (nSPS) is 10.5. The molecule has 3 heteroatoms. The number of ketones is 1. The molecule has 0 aliphatic carbocycles. The van der Waals surface area contributed by atoms with Gasteiger partial charge in [-0.15, -0.1) is 0 Å². The molecule has 0 saturated carbocycles. The molecule has 1 N–H and O–H groups in total. The van der Waals surface area contributed by atoms with Crippen LogP contribution in [-0.4, -0.2) is 5.78 Å². The first-order valence-corrected chi connectivity index (χ1v) is 6.33. The Morgan fingerprint density at radius 3 is 2.33 bits per heavy atom. The predicted molar refractivity (Wildman–Crippen MR) is 77.7 cm³/mol. The largest absolute Gasteiger partial charge is 0.362 e. The van der Waals surface area contributed by atoms with E-state index >= 15 is 0 Å². The summed E-state index contributed by atoms with van der Waals surface area (Å²) in [6, 6.07) is 16.9. The van der Waals surface area contributed by atoms with Gasteiger partial charge in [-0.05, 0) is 24.3 Å². The average molecular weight is 302 g/mol. The Kier molecular flexibility index (Phi) is 4.31. The summed E-state index contributed by atoms with van der Waals surface area (Å²) < 4.78 is 1.03. The van der Waals surface area contributed by atoms with Crippen molar-refractivity contribution in [3.8, 4) is 0 Å². The summed E-state index contributed by atoms with van der Waals surface area (Å²) in [5, 5.41) is 3.05. The minimum atomic E-state index is -0.0137. The molecule has 0 bridgehead atoms. The number of carbonyl (C=O) groups is 1. The van der Waals surface area contributed by atoms with Gasteiger partial charge in [0.1, 0.15) is 0 Å². The summed E-state index contributed by atoms with van der Waals surface area (Å²) in [5.41, 5.74) is 1.63. The average Bonchev–Trinajstić information content (AvgIpc) is 2.42. The molecule has 2 aromatic rings. The van der Waals surface area contributed by atoms with E-state index in [0.717, 1.165) is 10.2 Å². The van der Waals surface area contributed by atoms with Crippen LogP contribution in [0.15, 0.2) is 71.3 Å². The van der Waals surface area contributed by atoms with Crippen LogP contribution in [0.3, 0.4) is 0 Å². The number of rotatable bonds is 4. The van der Waals surface area contributed by atoms with Crippen molar-refractivity contribution in [1.82, 2.24) is 0 Å². The first-order valence-electron chi connectivity index (χ1n) is 5.54. The zero-order valence-corrected chi connectivity index (χ0v) is 11.2. The van der Waals surface area contributed by atoms with Crippen molar-refractivity contribution in [3.63, 3.8) is 0 Å². The van der Waals surface area contributed by atoms with Gasteiger partial charge in [-0.3, -0.25) is 4.79 Å². The summed E-state index contributed by atoms with van der Waals surface area (Å²) >= 11 is 3.37. The van der Waals surface area contributed by atoms with Crippen molar-refractivity contribution in [2.75, 3.05) is 5.32 Å². The third kappa shape index (κ3) is 3.57. The lowest BCUT2D eigenvalue weighted by molar-refractivity contribution is 0.104. The van der Waals surface area contributed by atoms with Gasteiger partial charge >= 0.3 is 0 Å². The van der Waals surface area contributed by atoms with Crippen molar-refractivity contribution >= 4 is 27.4 Å². The lowest BCUT2D eigenvalue weighted by Gasteiger charge is -2.00. The summed E-state index contributed by atoms with van der Waals surface area (Å²) in [6.45, 7) is 0. The van der Waals surface area contributed by atoms with Crippen LogP contribution in [0.5, 0.6) is 0 Å². The number of anilines is 1. The van der Waals surface area contributed by atoms with Gasteiger partial charge in [-0.2, -0.15) is 0 Å². The van der Waals surface area contributed by atoms with Gasteiger partial charge in [0.2, 0.25) is 0 Å². The third-order valence-corrected chi connectivity index (χ3v) is 2.92. The van der Waals surface area contributed by atoms with E-state index in [2.05, 4.69) is 21.2 Å². The van der Waals surface area contributed by atoms with Crippen molar-refractivity contribution in [2.24, 2.45) is 0 Å². The van der Waals surface area contributed by atoms with Crippen LogP contribution in [0.25, 0.3) is 0 Å². The van der Waals surface area contributed by atoms with E-state index in [-0.39, 0.29) is 5.78 Å². The molecule has 2 aromatic carbocycles. The van der Waals surface area contributed by atoms with E-state index in [1.54, 1.807) is 18.3 Å². The van der Waals surface area contributed by atoms with Crippen molar-refractivity contribution in [1.29, 1.82) is 0 Å². The maximum absolute atomic E-state index is 11.8. The lowest BCUT2D eigenvalue weighted by atomic mass is 10.1. The zero-order valence-electron chi connectivity index (χ0n) is 9.64. The number of hydrogen-bond acceptors (Lipinski definition) is 2. The van der Waals surface area contributed by atoms with Gasteiger partial charge in [0.25, 0.3) is 0 Å². The maximum Gasteiger partial charge on any atom is 0.187 e.